The lowest BCUT2D eigenvalue weighted by atomic mass is 10.4. The average molecular weight is 146 g/mol. The lowest BCUT2D eigenvalue weighted by Crippen LogP contribution is -2.11. The Hall–Kier alpha value is -1.64. The van der Waals surface area contributed by atoms with E-state index in [1.165, 1.54) is 6.20 Å². The molecule has 11 heavy (non-hydrogen) atoms. The molecule has 0 saturated heterocycles. The Morgan fingerprint density at radius 3 is 3.00 bits per heavy atom. The summed E-state index contributed by atoms with van der Waals surface area (Å²) in [6.07, 6.45) is 4.67. The van der Waals surface area contributed by atoms with Gasteiger partial charge in [-0.15, -0.1) is 0 Å². The maximum atomic E-state index is 11.1. The second-order valence-electron chi connectivity index (χ2n) is 2.24. The third kappa shape index (κ3) is 0.902. The van der Waals surface area contributed by atoms with E-state index in [9.17, 15) is 4.79 Å². The van der Waals surface area contributed by atoms with Crippen LogP contribution in [0.5, 0.6) is 0 Å². The van der Waals surface area contributed by atoms with Crippen LogP contribution >= 0.6 is 0 Å². The number of nitrogens with zero attached hydrogens (tertiary/aromatic N) is 2. The zero-order valence-electron chi connectivity index (χ0n) is 5.77. The van der Waals surface area contributed by atoms with Crippen molar-refractivity contribution in [2.24, 2.45) is 0 Å². The Kier molecular flexibility index (Phi) is 1.22. The molecule has 0 aliphatic rings. The van der Waals surface area contributed by atoms with Gasteiger partial charge in [-0.3, -0.25) is 14.2 Å². The molecule has 0 unspecified atom stereocenters. The molecule has 3 heteroatoms. The van der Waals surface area contributed by atoms with Crippen molar-refractivity contribution < 1.29 is 0 Å². The van der Waals surface area contributed by atoms with Crippen LogP contribution in [0.3, 0.4) is 0 Å². The summed E-state index contributed by atoms with van der Waals surface area (Å²) in [6, 6.07) is 5.53. The molecule has 2 aromatic rings. The van der Waals surface area contributed by atoms with Crippen molar-refractivity contribution in [1.82, 2.24) is 9.38 Å². The van der Waals surface area contributed by atoms with Crippen LogP contribution in [0.25, 0.3) is 5.52 Å². The zero-order valence-corrected chi connectivity index (χ0v) is 5.77. The predicted octanol–water partition coefficient (Wildman–Crippen LogP) is 0.694. The molecular formula is C8H6N2O. The minimum Gasteiger partial charge on any atom is -0.281 e. The van der Waals surface area contributed by atoms with Gasteiger partial charge in [0.25, 0.3) is 5.56 Å². The molecule has 0 N–H and O–H groups in total. The monoisotopic (exact) mass is 146 g/mol. The summed E-state index contributed by atoms with van der Waals surface area (Å²) in [4.78, 5) is 14.9. The van der Waals surface area contributed by atoms with E-state index in [1.54, 1.807) is 16.8 Å². The fourth-order valence-corrected chi connectivity index (χ4v) is 1.00. The molecule has 3 nitrogen and oxygen atoms in total. The van der Waals surface area contributed by atoms with Crippen LogP contribution in [-0.4, -0.2) is 9.38 Å². The predicted molar refractivity (Wildman–Crippen MR) is 41.5 cm³/mol. The van der Waals surface area contributed by atoms with E-state index in [0.29, 0.717) is 0 Å². The van der Waals surface area contributed by atoms with E-state index in [-0.39, 0.29) is 5.56 Å². The minimum absolute atomic E-state index is 0.0944. The SMILES string of the molecule is O=c1cncc2ccccn12. The molecule has 0 aliphatic heterocycles. The molecule has 2 heterocycles. The number of pyridine rings is 1. The average Bonchev–Trinajstić information content (AvgIpc) is 2.06. The Balaban J connectivity index is 3.03. The first-order chi connectivity index (χ1) is 5.38. The van der Waals surface area contributed by atoms with Gasteiger partial charge in [0.1, 0.15) is 0 Å². The highest BCUT2D eigenvalue weighted by molar-refractivity contribution is 5.42. The molecule has 0 atom stereocenters. The molecule has 0 aliphatic carbocycles. The Labute approximate surface area is 62.9 Å². The first-order valence-electron chi connectivity index (χ1n) is 3.29. The Morgan fingerprint density at radius 2 is 2.18 bits per heavy atom. The largest absolute Gasteiger partial charge is 0.281 e. The number of fused-ring (bicyclic) bond motifs is 1. The lowest BCUT2D eigenvalue weighted by Gasteiger charge is -1.95. The molecule has 0 radical (unpaired) electrons. The minimum atomic E-state index is -0.0944. The van der Waals surface area contributed by atoms with E-state index in [1.807, 2.05) is 18.2 Å². The molecule has 0 amide bonds. The molecule has 0 saturated carbocycles. The topological polar surface area (TPSA) is 34.4 Å². The first-order valence-corrected chi connectivity index (χ1v) is 3.29. The first kappa shape index (κ1) is 6.09. The van der Waals surface area contributed by atoms with Gasteiger partial charge in [0.2, 0.25) is 0 Å². The fourth-order valence-electron chi connectivity index (χ4n) is 1.00. The van der Waals surface area contributed by atoms with Crippen molar-refractivity contribution in [1.29, 1.82) is 0 Å². The van der Waals surface area contributed by atoms with Crippen molar-refractivity contribution in [2.75, 3.05) is 0 Å². The summed E-state index contributed by atoms with van der Waals surface area (Å²) < 4.78 is 1.55. The maximum Gasteiger partial charge on any atom is 0.273 e. The number of aromatic nitrogens is 2. The van der Waals surface area contributed by atoms with E-state index < -0.39 is 0 Å². The second kappa shape index (κ2) is 2.20. The standard InChI is InChI=1S/C8H6N2O/c11-8-6-9-5-7-3-1-2-4-10(7)8/h1-6H. The van der Waals surface area contributed by atoms with Crippen LogP contribution in [0, 0.1) is 0 Å². The molecular weight excluding hydrogens is 140 g/mol. The van der Waals surface area contributed by atoms with Gasteiger partial charge in [-0.25, -0.2) is 0 Å². The lowest BCUT2D eigenvalue weighted by molar-refractivity contribution is 1.05. The van der Waals surface area contributed by atoms with Gasteiger partial charge in [-0.05, 0) is 12.1 Å². The zero-order chi connectivity index (χ0) is 7.68. The van der Waals surface area contributed by atoms with Crippen LogP contribution in [-0.2, 0) is 0 Å². The normalized spacial score (nSPS) is 10.2. The van der Waals surface area contributed by atoms with Gasteiger partial charge >= 0.3 is 0 Å². The van der Waals surface area contributed by atoms with Gasteiger partial charge in [-0.1, -0.05) is 6.07 Å². The van der Waals surface area contributed by atoms with E-state index in [0.717, 1.165) is 5.52 Å². The second-order valence-corrected chi connectivity index (χ2v) is 2.24. The molecule has 0 bridgehead atoms. The number of hydrogen-bond donors (Lipinski definition) is 0. The van der Waals surface area contributed by atoms with E-state index >= 15 is 0 Å². The third-order valence-corrected chi connectivity index (χ3v) is 1.52. The summed E-state index contributed by atoms with van der Waals surface area (Å²) in [5, 5.41) is 0. The summed E-state index contributed by atoms with van der Waals surface area (Å²) in [5.41, 5.74) is 0.725. The highest BCUT2D eigenvalue weighted by atomic mass is 16.1. The Morgan fingerprint density at radius 1 is 1.27 bits per heavy atom. The number of rotatable bonds is 0. The summed E-state index contributed by atoms with van der Waals surface area (Å²) in [6.45, 7) is 0. The van der Waals surface area contributed by atoms with Crippen LogP contribution in [0.1, 0.15) is 0 Å². The van der Waals surface area contributed by atoms with Crippen LogP contribution < -0.4 is 5.56 Å². The molecule has 0 fully saturated rings. The van der Waals surface area contributed by atoms with Gasteiger partial charge < -0.3 is 0 Å². The molecule has 0 spiro atoms. The van der Waals surface area contributed by atoms with Crippen molar-refractivity contribution >= 4 is 5.52 Å². The smallest absolute Gasteiger partial charge is 0.273 e. The van der Waals surface area contributed by atoms with Crippen LogP contribution in [0.4, 0.5) is 0 Å². The van der Waals surface area contributed by atoms with Crippen molar-refractivity contribution in [3.8, 4) is 0 Å². The van der Waals surface area contributed by atoms with Crippen molar-refractivity contribution in [2.45, 2.75) is 0 Å². The third-order valence-electron chi connectivity index (χ3n) is 1.52. The van der Waals surface area contributed by atoms with Crippen LogP contribution in [0.2, 0.25) is 0 Å². The fraction of sp³-hybridized carbons (Fsp3) is 0. The molecule has 0 aromatic carbocycles. The van der Waals surface area contributed by atoms with E-state index in [2.05, 4.69) is 4.98 Å². The van der Waals surface area contributed by atoms with E-state index in [4.69, 9.17) is 0 Å². The molecule has 2 rings (SSSR count). The van der Waals surface area contributed by atoms with Crippen molar-refractivity contribution in [3.05, 3.63) is 47.1 Å². The quantitative estimate of drug-likeness (QED) is 0.548. The van der Waals surface area contributed by atoms with Gasteiger partial charge in [0, 0.05) is 6.20 Å². The summed E-state index contributed by atoms with van der Waals surface area (Å²) in [5.74, 6) is 0. The summed E-state index contributed by atoms with van der Waals surface area (Å²) >= 11 is 0. The summed E-state index contributed by atoms with van der Waals surface area (Å²) in [7, 11) is 0. The molecule has 54 valence electrons. The van der Waals surface area contributed by atoms with Gasteiger partial charge in [0.05, 0.1) is 17.9 Å². The highest BCUT2D eigenvalue weighted by Gasteiger charge is 1.90. The number of hydrogen-bond acceptors (Lipinski definition) is 2. The van der Waals surface area contributed by atoms with Gasteiger partial charge in [-0.2, -0.15) is 0 Å². The maximum absolute atomic E-state index is 11.1. The Bertz CT molecular complexity index is 428. The van der Waals surface area contributed by atoms with Gasteiger partial charge in [0.15, 0.2) is 0 Å². The van der Waals surface area contributed by atoms with Crippen LogP contribution in [0.15, 0.2) is 41.6 Å². The van der Waals surface area contributed by atoms with Crippen molar-refractivity contribution in [3.63, 3.8) is 0 Å². The molecule has 2 aromatic heterocycles. The highest BCUT2D eigenvalue weighted by Crippen LogP contribution is 1.94.